The van der Waals surface area contributed by atoms with Crippen LogP contribution >= 0.6 is 0 Å². The van der Waals surface area contributed by atoms with Gasteiger partial charge in [-0.3, -0.25) is 9.59 Å². The van der Waals surface area contributed by atoms with E-state index in [1.165, 1.54) is 0 Å². The molecule has 2 aromatic carbocycles. The lowest BCUT2D eigenvalue weighted by Crippen LogP contribution is -2.45. The highest BCUT2D eigenvalue weighted by molar-refractivity contribution is 7.91. The summed E-state index contributed by atoms with van der Waals surface area (Å²) < 4.78 is 29.7. The highest BCUT2D eigenvalue weighted by atomic mass is 32.2. The van der Waals surface area contributed by atoms with E-state index in [0.717, 1.165) is 5.56 Å². The van der Waals surface area contributed by atoms with E-state index >= 15 is 0 Å². The van der Waals surface area contributed by atoms with Crippen LogP contribution in [-0.2, 0) is 26.0 Å². The number of rotatable bonds is 5. The summed E-state index contributed by atoms with van der Waals surface area (Å²) in [5.74, 6) is -0.134. The first kappa shape index (κ1) is 19.4. The van der Waals surface area contributed by atoms with E-state index in [0.29, 0.717) is 24.4 Å². The second kappa shape index (κ2) is 7.87. The molecule has 2 aliphatic heterocycles. The molecule has 152 valence electrons. The Hall–Kier alpha value is -2.87. The number of nitrogens with one attached hydrogen (secondary N) is 1. The molecule has 0 aromatic heterocycles. The molecule has 1 N–H and O–H groups in total. The maximum Gasteiger partial charge on any atom is 0.266 e. The van der Waals surface area contributed by atoms with Gasteiger partial charge >= 0.3 is 0 Å². The zero-order valence-corrected chi connectivity index (χ0v) is 16.6. The van der Waals surface area contributed by atoms with Gasteiger partial charge in [-0.1, -0.05) is 42.5 Å². The van der Waals surface area contributed by atoms with Gasteiger partial charge in [-0.15, -0.1) is 0 Å². The second-order valence-corrected chi connectivity index (χ2v) is 9.59. The molecule has 2 amide bonds. The van der Waals surface area contributed by atoms with Crippen molar-refractivity contribution in [1.82, 2.24) is 4.90 Å². The van der Waals surface area contributed by atoms with Crippen molar-refractivity contribution in [2.45, 2.75) is 31.5 Å². The Labute approximate surface area is 169 Å². The molecule has 1 fully saturated rings. The summed E-state index contributed by atoms with van der Waals surface area (Å²) in [7, 11) is -3.15. The van der Waals surface area contributed by atoms with E-state index in [9.17, 15) is 18.0 Å². The summed E-state index contributed by atoms with van der Waals surface area (Å²) in [5.41, 5.74) is 1.48. The molecule has 29 heavy (non-hydrogen) atoms. The minimum atomic E-state index is -3.15. The topological polar surface area (TPSA) is 92.8 Å². The van der Waals surface area contributed by atoms with Crippen LogP contribution in [0.15, 0.2) is 54.6 Å². The standard InChI is InChI=1S/C21H22N2O5S/c24-20(12-19-21(25)22-17-8-4-5-9-18(17)28-19)23(13-15-6-2-1-3-7-15)16-10-11-29(26,27)14-16/h1-9,16,19H,10-14H2,(H,22,25)/t16-,19+/m1/s1. The SMILES string of the molecule is O=C1Nc2ccccc2O[C@H]1CC(=O)N(Cc1ccccc1)[C@@H]1CCS(=O)(=O)C1. The lowest BCUT2D eigenvalue weighted by molar-refractivity contribution is -0.139. The number of para-hydroxylation sites is 2. The first-order valence-electron chi connectivity index (χ1n) is 9.52. The number of fused-ring (bicyclic) bond motifs is 1. The van der Waals surface area contributed by atoms with E-state index in [4.69, 9.17) is 4.74 Å². The molecule has 1 saturated heterocycles. The molecule has 0 radical (unpaired) electrons. The average molecular weight is 414 g/mol. The van der Waals surface area contributed by atoms with Crippen molar-refractivity contribution in [3.8, 4) is 5.75 Å². The summed E-state index contributed by atoms with van der Waals surface area (Å²) in [6.07, 6.45) is -0.695. The van der Waals surface area contributed by atoms with Crippen LogP contribution in [0.5, 0.6) is 5.75 Å². The van der Waals surface area contributed by atoms with Gasteiger partial charge in [0, 0.05) is 12.6 Å². The number of amides is 2. The number of hydrogen-bond acceptors (Lipinski definition) is 5. The van der Waals surface area contributed by atoms with E-state index in [1.807, 2.05) is 30.3 Å². The van der Waals surface area contributed by atoms with Crippen molar-refractivity contribution >= 4 is 27.3 Å². The van der Waals surface area contributed by atoms with Crippen molar-refractivity contribution in [1.29, 1.82) is 0 Å². The van der Waals surface area contributed by atoms with Crippen LogP contribution in [0.3, 0.4) is 0 Å². The lowest BCUT2D eigenvalue weighted by Gasteiger charge is -2.31. The summed E-state index contributed by atoms with van der Waals surface area (Å²) in [6, 6.07) is 16.1. The molecule has 2 aliphatic rings. The van der Waals surface area contributed by atoms with Crippen LogP contribution in [-0.4, -0.2) is 48.8 Å². The molecule has 7 nitrogen and oxygen atoms in total. The summed E-state index contributed by atoms with van der Waals surface area (Å²) in [6.45, 7) is 0.296. The number of benzene rings is 2. The minimum Gasteiger partial charge on any atom is -0.478 e. The second-order valence-electron chi connectivity index (χ2n) is 7.36. The maximum absolute atomic E-state index is 13.1. The number of carbonyl (C=O) groups excluding carboxylic acids is 2. The third kappa shape index (κ3) is 4.42. The normalized spacial score (nSPS) is 22.3. The van der Waals surface area contributed by atoms with E-state index < -0.39 is 22.0 Å². The number of ether oxygens (including phenoxy) is 1. The number of sulfone groups is 1. The molecule has 8 heteroatoms. The Morgan fingerprint density at radius 2 is 1.83 bits per heavy atom. The summed E-state index contributed by atoms with van der Waals surface area (Å²) in [5, 5.41) is 2.76. The molecular formula is C21H22N2O5S. The number of nitrogens with zero attached hydrogens (tertiary/aromatic N) is 1. The largest absolute Gasteiger partial charge is 0.478 e. The van der Waals surface area contributed by atoms with Gasteiger partial charge in [0.2, 0.25) is 5.91 Å². The molecule has 2 heterocycles. The Kier molecular flexibility index (Phi) is 5.27. The van der Waals surface area contributed by atoms with E-state index in [1.54, 1.807) is 29.2 Å². The maximum atomic E-state index is 13.1. The molecular weight excluding hydrogens is 392 g/mol. The van der Waals surface area contributed by atoms with E-state index in [-0.39, 0.29) is 29.7 Å². The van der Waals surface area contributed by atoms with Crippen LogP contribution in [0.2, 0.25) is 0 Å². The molecule has 0 aliphatic carbocycles. The summed E-state index contributed by atoms with van der Waals surface area (Å²) in [4.78, 5) is 27.1. The Morgan fingerprint density at radius 1 is 1.10 bits per heavy atom. The van der Waals surface area contributed by atoms with Gasteiger partial charge < -0.3 is 15.0 Å². The quantitative estimate of drug-likeness (QED) is 0.808. The van der Waals surface area contributed by atoms with Crippen molar-refractivity contribution in [3.63, 3.8) is 0 Å². The van der Waals surface area contributed by atoms with Crippen LogP contribution in [0.25, 0.3) is 0 Å². The number of hydrogen-bond donors (Lipinski definition) is 1. The minimum absolute atomic E-state index is 0.0495. The van der Waals surface area contributed by atoms with Crippen LogP contribution in [0.1, 0.15) is 18.4 Å². The number of carbonyl (C=O) groups is 2. The average Bonchev–Trinajstić information content (AvgIpc) is 3.07. The van der Waals surface area contributed by atoms with Gasteiger partial charge in [0.1, 0.15) is 5.75 Å². The third-order valence-electron chi connectivity index (χ3n) is 5.23. The van der Waals surface area contributed by atoms with Crippen LogP contribution < -0.4 is 10.1 Å². The Bertz CT molecular complexity index is 1020. The van der Waals surface area contributed by atoms with Gasteiger partial charge in [-0.05, 0) is 24.1 Å². The van der Waals surface area contributed by atoms with Gasteiger partial charge in [-0.2, -0.15) is 0 Å². The predicted octanol–water partition coefficient (Wildman–Crippen LogP) is 1.99. The third-order valence-corrected chi connectivity index (χ3v) is 6.98. The van der Waals surface area contributed by atoms with Crippen molar-refractivity contribution in [2.75, 3.05) is 16.8 Å². The zero-order valence-electron chi connectivity index (χ0n) is 15.8. The van der Waals surface area contributed by atoms with Gasteiger partial charge in [0.25, 0.3) is 5.91 Å². The molecule has 0 bridgehead atoms. The fourth-order valence-corrected chi connectivity index (χ4v) is 5.46. The fraction of sp³-hybridized carbons (Fsp3) is 0.333. The zero-order chi connectivity index (χ0) is 20.4. The molecule has 4 rings (SSSR count). The first-order chi connectivity index (χ1) is 13.9. The highest BCUT2D eigenvalue weighted by Crippen LogP contribution is 2.30. The predicted molar refractivity (Wildman–Crippen MR) is 108 cm³/mol. The van der Waals surface area contributed by atoms with Crippen LogP contribution in [0, 0.1) is 0 Å². The smallest absolute Gasteiger partial charge is 0.266 e. The highest BCUT2D eigenvalue weighted by Gasteiger charge is 2.37. The monoisotopic (exact) mass is 414 g/mol. The molecule has 0 unspecified atom stereocenters. The van der Waals surface area contributed by atoms with Crippen molar-refractivity contribution < 1.29 is 22.7 Å². The molecule has 0 spiro atoms. The van der Waals surface area contributed by atoms with Gasteiger partial charge in [-0.25, -0.2) is 8.42 Å². The lowest BCUT2D eigenvalue weighted by atomic mass is 10.1. The van der Waals surface area contributed by atoms with Crippen LogP contribution in [0.4, 0.5) is 5.69 Å². The molecule has 2 atom stereocenters. The molecule has 2 aromatic rings. The summed E-state index contributed by atoms with van der Waals surface area (Å²) >= 11 is 0. The van der Waals surface area contributed by atoms with E-state index in [2.05, 4.69) is 5.32 Å². The first-order valence-corrected chi connectivity index (χ1v) is 11.3. The van der Waals surface area contributed by atoms with Crippen molar-refractivity contribution in [3.05, 3.63) is 60.2 Å². The fourth-order valence-electron chi connectivity index (χ4n) is 3.73. The Balaban J connectivity index is 1.53. The van der Waals surface area contributed by atoms with Gasteiger partial charge in [0.05, 0.1) is 23.6 Å². The Morgan fingerprint density at radius 3 is 2.55 bits per heavy atom. The number of anilines is 1. The van der Waals surface area contributed by atoms with Gasteiger partial charge in [0.15, 0.2) is 15.9 Å². The van der Waals surface area contributed by atoms with Crippen molar-refractivity contribution in [2.24, 2.45) is 0 Å². The molecule has 0 saturated carbocycles.